The van der Waals surface area contributed by atoms with Crippen molar-refractivity contribution in [2.45, 2.75) is 20.8 Å². The number of fused-ring (bicyclic) bond motifs is 2. The number of carbonyl (C=O) groups is 2. The second-order valence-corrected chi connectivity index (χ2v) is 10.4. The van der Waals surface area contributed by atoms with Crippen LogP contribution in [0.15, 0.2) is 97.1 Å². The molecule has 5 aromatic rings. The molecule has 5 aromatic carbocycles. The van der Waals surface area contributed by atoms with E-state index in [2.05, 4.69) is 16.0 Å². The van der Waals surface area contributed by atoms with Crippen LogP contribution in [0.4, 0.5) is 34.1 Å². The van der Waals surface area contributed by atoms with E-state index >= 15 is 0 Å². The van der Waals surface area contributed by atoms with Gasteiger partial charge in [-0.15, -0.1) is 0 Å². The molecule has 41 heavy (non-hydrogen) atoms. The third-order valence-electron chi connectivity index (χ3n) is 7.19. The van der Waals surface area contributed by atoms with E-state index in [-0.39, 0.29) is 33.8 Å². The Balaban J connectivity index is 1.53. The first-order valence-electron chi connectivity index (χ1n) is 13.4. The van der Waals surface area contributed by atoms with Crippen LogP contribution in [0.5, 0.6) is 5.75 Å². The fourth-order valence-corrected chi connectivity index (χ4v) is 5.33. The van der Waals surface area contributed by atoms with Crippen molar-refractivity contribution in [1.29, 1.82) is 0 Å². The molecule has 0 unspecified atom stereocenters. The van der Waals surface area contributed by atoms with Gasteiger partial charge in [-0.05, 0) is 98.1 Å². The van der Waals surface area contributed by atoms with E-state index in [1.165, 1.54) is 6.07 Å². The first kappa shape index (κ1) is 25.9. The predicted molar refractivity (Wildman–Crippen MR) is 165 cm³/mol. The number of phenolic OH excluding ortho intramolecular Hbond substituents is 1. The van der Waals surface area contributed by atoms with Crippen LogP contribution in [-0.2, 0) is 0 Å². The van der Waals surface area contributed by atoms with Crippen molar-refractivity contribution in [2.24, 2.45) is 0 Å². The number of ketones is 2. The Hall–Kier alpha value is -5.36. The molecule has 0 radical (unpaired) electrons. The third kappa shape index (κ3) is 4.92. The Labute approximate surface area is 238 Å². The molecule has 0 aromatic heterocycles. The lowest BCUT2D eigenvalue weighted by molar-refractivity contribution is 0.0978. The maximum atomic E-state index is 14.4. The topological polar surface area (TPSA) is 90.5 Å². The molecule has 4 N–H and O–H groups in total. The van der Waals surface area contributed by atoms with Gasteiger partial charge in [0.2, 0.25) is 0 Å². The highest BCUT2D eigenvalue weighted by atomic mass is 16.3. The number of anilines is 6. The average molecular weight is 540 g/mol. The molecule has 0 bridgehead atoms. The van der Waals surface area contributed by atoms with E-state index in [0.717, 1.165) is 33.8 Å². The standard InChI is InChI=1S/C35H29N3O3/c1-20-7-4-10-23(17-20)36-26-13-14-27(37-24-11-5-8-21(2)18-24)31-30(26)34(40)32-28(15-16-29(39)33(32)35(31)41)38-25-12-6-9-22(3)19-25/h4-19,36-39H,1-3H3. The molecular formula is C35H29N3O3. The molecule has 202 valence electrons. The summed E-state index contributed by atoms with van der Waals surface area (Å²) in [6.07, 6.45) is 0. The van der Waals surface area contributed by atoms with Gasteiger partial charge in [0, 0.05) is 17.1 Å². The number of aryl methyl sites for hydroxylation is 3. The highest BCUT2D eigenvalue weighted by molar-refractivity contribution is 6.34. The molecule has 0 fully saturated rings. The lowest BCUT2D eigenvalue weighted by Gasteiger charge is -2.26. The van der Waals surface area contributed by atoms with Gasteiger partial charge < -0.3 is 21.1 Å². The Morgan fingerprint density at radius 3 is 1.20 bits per heavy atom. The summed E-state index contributed by atoms with van der Waals surface area (Å²) in [5, 5.41) is 20.9. The van der Waals surface area contributed by atoms with Crippen molar-refractivity contribution in [2.75, 3.05) is 16.0 Å². The number of phenols is 1. The van der Waals surface area contributed by atoms with Crippen molar-refractivity contribution < 1.29 is 14.7 Å². The fourth-order valence-electron chi connectivity index (χ4n) is 5.33. The summed E-state index contributed by atoms with van der Waals surface area (Å²) < 4.78 is 0. The van der Waals surface area contributed by atoms with Crippen LogP contribution < -0.4 is 16.0 Å². The molecule has 6 rings (SSSR count). The van der Waals surface area contributed by atoms with Gasteiger partial charge in [0.25, 0.3) is 0 Å². The SMILES string of the molecule is Cc1cccc(Nc2ccc(O)c3c2C(=O)c2c(Nc4cccc(C)c4)ccc(Nc4cccc(C)c4)c2C3=O)c1. The summed E-state index contributed by atoms with van der Waals surface area (Å²) in [6, 6.07) is 30.0. The molecule has 0 saturated carbocycles. The van der Waals surface area contributed by atoms with Gasteiger partial charge in [-0.3, -0.25) is 9.59 Å². The number of rotatable bonds is 6. The molecule has 6 nitrogen and oxygen atoms in total. The van der Waals surface area contributed by atoms with Crippen LogP contribution in [0.25, 0.3) is 0 Å². The first-order chi connectivity index (χ1) is 19.8. The van der Waals surface area contributed by atoms with Crippen molar-refractivity contribution in [3.05, 3.63) is 136 Å². The molecule has 0 aliphatic heterocycles. The maximum Gasteiger partial charge on any atom is 0.200 e. The number of hydrogen-bond acceptors (Lipinski definition) is 6. The minimum Gasteiger partial charge on any atom is -0.507 e. The average Bonchev–Trinajstić information content (AvgIpc) is 2.93. The minimum atomic E-state index is -0.428. The zero-order valence-electron chi connectivity index (χ0n) is 23.0. The van der Waals surface area contributed by atoms with Crippen molar-refractivity contribution in [3.8, 4) is 5.75 Å². The van der Waals surface area contributed by atoms with E-state index in [1.54, 1.807) is 12.1 Å². The van der Waals surface area contributed by atoms with E-state index in [1.807, 2.05) is 99.6 Å². The summed E-state index contributed by atoms with van der Waals surface area (Å²) >= 11 is 0. The molecule has 1 aliphatic carbocycles. The van der Waals surface area contributed by atoms with Crippen molar-refractivity contribution >= 4 is 45.7 Å². The zero-order chi connectivity index (χ0) is 28.7. The van der Waals surface area contributed by atoms with Crippen LogP contribution >= 0.6 is 0 Å². The van der Waals surface area contributed by atoms with Gasteiger partial charge in [0.1, 0.15) is 5.75 Å². The zero-order valence-corrected chi connectivity index (χ0v) is 23.0. The van der Waals surface area contributed by atoms with Crippen LogP contribution in [0.3, 0.4) is 0 Å². The maximum absolute atomic E-state index is 14.4. The van der Waals surface area contributed by atoms with Crippen molar-refractivity contribution in [3.63, 3.8) is 0 Å². The van der Waals surface area contributed by atoms with E-state index < -0.39 is 5.78 Å². The number of hydrogen-bond donors (Lipinski definition) is 4. The molecule has 0 spiro atoms. The van der Waals surface area contributed by atoms with Crippen LogP contribution in [0, 0.1) is 20.8 Å². The summed E-state index contributed by atoms with van der Waals surface area (Å²) in [4.78, 5) is 28.7. The van der Waals surface area contributed by atoms with Crippen LogP contribution in [0.2, 0.25) is 0 Å². The van der Waals surface area contributed by atoms with Gasteiger partial charge in [-0.2, -0.15) is 0 Å². The van der Waals surface area contributed by atoms with Crippen LogP contribution in [-0.4, -0.2) is 16.7 Å². The number of benzene rings is 5. The quantitative estimate of drug-likeness (QED) is 0.159. The Kier molecular flexibility index (Phi) is 6.52. The molecular weight excluding hydrogens is 510 g/mol. The number of carbonyl (C=O) groups excluding carboxylic acids is 2. The molecule has 1 aliphatic rings. The van der Waals surface area contributed by atoms with Crippen LogP contribution in [0.1, 0.15) is 48.5 Å². The highest BCUT2D eigenvalue weighted by Crippen LogP contribution is 2.43. The summed E-state index contributed by atoms with van der Waals surface area (Å²) in [5.41, 5.74) is 7.56. The summed E-state index contributed by atoms with van der Waals surface area (Å²) in [5.74, 6) is -1.02. The van der Waals surface area contributed by atoms with Gasteiger partial charge in [0.05, 0.1) is 39.3 Å². The Bertz CT molecular complexity index is 1860. The van der Waals surface area contributed by atoms with Gasteiger partial charge in [-0.1, -0.05) is 36.4 Å². The lowest BCUT2D eigenvalue weighted by Crippen LogP contribution is -2.25. The molecule has 0 heterocycles. The molecule has 0 amide bonds. The number of nitrogens with one attached hydrogen (secondary N) is 3. The second kappa shape index (κ2) is 10.3. The van der Waals surface area contributed by atoms with Crippen molar-refractivity contribution in [1.82, 2.24) is 0 Å². The van der Waals surface area contributed by atoms with Gasteiger partial charge >= 0.3 is 0 Å². The Morgan fingerprint density at radius 1 is 0.463 bits per heavy atom. The predicted octanol–water partition coefficient (Wildman–Crippen LogP) is 8.32. The highest BCUT2D eigenvalue weighted by Gasteiger charge is 2.38. The van der Waals surface area contributed by atoms with E-state index in [4.69, 9.17) is 0 Å². The Morgan fingerprint density at radius 2 is 0.805 bits per heavy atom. The molecule has 0 saturated heterocycles. The van der Waals surface area contributed by atoms with Gasteiger partial charge in [-0.25, -0.2) is 0 Å². The first-order valence-corrected chi connectivity index (χ1v) is 13.4. The fraction of sp³-hybridized carbons (Fsp3) is 0.0857. The van der Waals surface area contributed by atoms with E-state index in [0.29, 0.717) is 17.1 Å². The second-order valence-electron chi connectivity index (χ2n) is 10.4. The monoisotopic (exact) mass is 539 g/mol. The molecule has 0 atom stereocenters. The summed E-state index contributed by atoms with van der Waals surface area (Å²) in [6.45, 7) is 5.96. The normalized spacial score (nSPS) is 12.0. The number of aromatic hydroxyl groups is 1. The van der Waals surface area contributed by atoms with E-state index in [9.17, 15) is 14.7 Å². The minimum absolute atomic E-state index is 0.0137. The third-order valence-corrected chi connectivity index (χ3v) is 7.19. The molecule has 6 heteroatoms. The largest absolute Gasteiger partial charge is 0.507 e. The lowest BCUT2D eigenvalue weighted by atomic mass is 9.80. The smallest absolute Gasteiger partial charge is 0.200 e. The summed E-state index contributed by atoms with van der Waals surface area (Å²) in [7, 11) is 0. The van der Waals surface area contributed by atoms with Gasteiger partial charge in [0.15, 0.2) is 11.6 Å².